The number of methoxy groups -OCH3 is 1. The van der Waals surface area contributed by atoms with E-state index in [9.17, 15) is 5.11 Å². The summed E-state index contributed by atoms with van der Waals surface area (Å²) < 4.78 is 16.2. The highest BCUT2D eigenvalue weighted by molar-refractivity contribution is 6.11. The summed E-state index contributed by atoms with van der Waals surface area (Å²) in [5.74, 6) is 0. The van der Waals surface area contributed by atoms with Gasteiger partial charge in [0.1, 0.15) is 20.1 Å². The van der Waals surface area contributed by atoms with Crippen molar-refractivity contribution in [3.8, 4) is 0 Å². The number of aliphatic hydroxyl groups is 1. The summed E-state index contributed by atoms with van der Waals surface area (Å²) in [6, 6.07) is -0.562. The van der Waals surface area contributed by atoms with Crippen LogP contribution in [0.25, 0.3) is 0 Å². The van der Waals surface area contributed by atoms with E-state index in [4.69, 9.17) is 22.1 Å². The molecular weight excluding hydrogens is 207 g/mol. The lowest BCUT2D eigenvalue weighted by molar-refractivity contribution is -0.0981. The third-order valence-electron chi connectivity index (χ3n) is 2.95. The molecule has 1 rings (SSSR count). The van der Waals surface area contributed by atoms with E-state index in [0.717, 1.165) is 6.42 Å². The highest BCUT2D eigenvalue weighted by atomic mass is 16.6. The molecule has 0 bridgehead atoms. The standard InChI is InChI=1S/C11H21BO4/c1-5-7-8(13)9(10(12)16-7)15-6-11(2,3)14-4/h7-10,13H,5-6H2,1-4H3/t7-,8?,9+,10-/m1/s1. The van der Waals surface area contributed by atoms with Gasteiger partial charge in [0.05, 0.1) is 18.3 Å². The normalized spacial score (nSPS) is 35.6. The van der Waals surface area contributed by atoms with Crippen molar-refractivity contribution >= 4 is 7.85 Å². The zero-order valence-corrected chi connectivity index (χ0v) is 10.5. The monoisotopic (exact) mass is 228 g/mol. The van der Waals surface area contributed by atoms with Crippen LogP contribution in [0.3, 0.4) is 0 Å². The maximum Gasteiger partial charge on any atom is 0.112 e. The van der Waals surface area contributed by atoms with Gasteiger partial charge in [-0.15, -0.1) is 0 Å². The van der Waals surface area contributed by atoms with Gasteiger partial charge in [0, 0.05) is 13.1 Å². The van der Waals surface area contributed by atoms with Gasteiger partial charge in [0.2, 0.25) is 0 Å². The highest BCUT2D eigenvalue weighted by Gasteiger charge is 2.41. The van der Waals surface area contributed by atoms with Crippen molar-refractivity contribution in [1.82, 2.24) is 0 Å². The lowest BCUT2D eigenvalue weighted by Gasteiger charge is -2.27. The molecule has 0 aromatic rings. The third-order valence-corrected chi connectivity index (χ3v) is 2.95. The molecule has 2 radical (unpaired) electrons. The smallest absolute Gasteiger partial charge is 0.112 e. The first kappa shape index (κ1) is 14.0. The van der Waals surface area contributed by atoms with Crippen LogP contribution in [0.5, 0.6) is 0 Å². The van der Waals surface area contributed by atoms with Crippen LogP contribution in [0.2, 0.25) is 0 Å². The first-order valence-corrected chi connectivity index (χ1v) is 5.67. The van der Waals surface area contributed by atoms with Crippen LogP contribution >= 0.6 is 0 Å². The lowest BCUT2D eigenvalue weighted by atomic mass is 9.92. The molecule has 0 spiro atoms. The van der Waals surface area contributed by atoms with Gasteiger partial charge in [-0.3, -0.25) is 0 Å². The Morgan fingerprint density at radius 3 is 2.50 bits per heavy atom. The summed E-state index contributed by atoms with van der Waals surface area (Å²) in [6.07, 6.45) is -0.639. The van der Waals surface area contributed by atoms with E-state index in [2.05, 4.69) is 0 Å². The van der Waals surface area contributed by atoms with Gasteiger partial charge >= 0.3 is 0 Å². The van der Waals surface area contributed by atoms with E-state index < -0.39 is 18.2 Å². The van der Waals surface area contributed by atoms with Crippen molar-refractivity contribution in [3.05, 3.63) is 0 Å². The van der Waals surface area contributed by atoms with Crippen molar-refractivity contribution in [3.63, 3.8) is 0 Å². The molecule has 0 aromatic heterocycles. The maximum absolute atomic E-state index is 9.92. The number of rotatable bonds is 5. The summed E-state index contributed by atoms with van der Waals surface area (Å²) in [4.78, 5) is 0. The fourth-order valence-electron chi connectivity index (χ4n) is 1.65. The SMILES string of the molecule is [B][C@@H]1O[C@H](CC)C(O)[C@@H]1OCC(C)(C)OC. The van der Waals surface area contributed by atoms with Gasteiger partial charge in [0.15, 0.2) is 0 Å². The number of ether oxygens (including phenoxy) is 3. The van der Waals surface area contributed by atoms with Crippen molar-refractivity contribution in [2.75, 3.05) is 13.7 Å². The Labute approximate surface area is 98.7 Å². The van der Waals surface area contributed by atoms with Crippen LogP contribution in [-0.4, -0.2) is 56.6 Å². The summed E-state index contributed by atoms with van der Waals surface area (Å²) in [7, 11) is 7.38. The molecule has 1 heterocycles. The molecule has 4 nitrogen and oxygen atoms in total. The van der Waals surface area contributed by atoms with E-state index in [1.54, 1.807) is 7.11 Å². The van der Waals surface area contributed by atoms with Gasteiger partial charge < -0.3 is 19.3 Å². The van der Waals surface area contributed by atoms with Crippen molar-refractivity contribution in [2.45, 2.75) is 57.1 Å². The molecule has 1 unspecified atom stereocenters. The lowest BCUT2D eigenvalue weighted by Crippen LogP contribution is -2.40. The van der Waals surface area contributed by atoms with E-state index in [1.165, 1.54) is 0 Å². The zero-order valence-electron chi connectivity index (χ0n) is 10.5. The van der Waals surface area contributed by atoms with E-state index in [1.807, 2.05) is 20.8 Å². The second-order valence-corrected chi connectivity index (χ2v) is 4.78. The Kier molecular flexibility index (Phi) is 4.80. The molecule has 1 aliphatic rings. The second kappa shape index (κ2) is 5.49. The Balaban J connectivity index is 2.48. The molecular formula is C11H21BO4. The van der Waals surface area contributed by atoms with Crippen LogP contribution in [0.15, 0.2) is 0 Å². The number of aliphatic hydroxyl groups excluding tert-OH is 1. The first-order valence-electron chi connectivity index (χ1n) is 5.67. The molecule has 5 heteroatoms. The molecule has 16 heavy (non-hydrogen) atoms. The van der Waals surface area contributed by atoms with Crippen molar-refractivity contribution in [2.24, 2.45) is 0 Å². The van der Waals surface area contributed by atoms with Gasteiger partial charge in [-0.1, -0.05) is 6.92 Å². The van der Waals surface area contributed by atoms with Gasteiger partial charge in [-0.05, 0) is 20.3 Å². The third kappa shape index (κ3) is 3.20. The average Bonchev–Trinajstić information content (AvgIpc) is 2.51. The highest BCUT2D eigenvalue weighted by Crippen LogP contribution is 2.25. The first-order chi connectivity index (χ1) is 7.41. The average molecular weight is 228 g/mol. The minimum Gasteiger partial charge on any atom is -0.388 e. The van der Waals surface area contributed by atoms with Crippen LogP contribution in [-0.2, 0) is 14.2 Å². The summed E-state index contributed by atoms with van der Waals surface area (Å²) in [6.45, 7) is 6.15. The number of hydrogen-bond acceptors (Lipinski definition) is 4. The van der Waals surface area contributed by atoms with E-state index in [0.29, 0.717) is 6.61 Å². The maximum atomic E-state index is 9.92. The Bertz CT molecular complexity index is 222. The summed E-state index contributed by atoms with van der Waals surface area (Å²) >= 11 is 0. The minimum atomic E-state index is -0.660. The predicted octanol–water partition coefficient (Wildman–Crippen LogP) is 0.461. The fraction of sp³-hybridized carbons (Fsp3) is 1.00. The van der Waals surface area contributed by atoms with Crippen LogP contribution in [0.4, 0.5) is 0 Å². The van der Waals surface area contributed by atoms with Crippen LogP contribution in [0.1, 0.15) is 27.2 Å². The molecule has 0 amide bonds. The molecule has 1 saturated heterocycles. The molecule has 0 saturated carbocycles. The molecule has 0 aromatic carbocycles. The van der Waals surface area contributed by atoms with Crippen molar-refractivity contribution < 1.29 is 19.3 Å². The van der Waals surface area contributed by atoms with Gasteiger partial charge in [0.25, 0.3) is 0 Å². The molecule has 0 aliphatic carbocycles. The van der Waals surface area contributed by atoms with Gasteiger partial charge in [-0.2, -0.15) is 0 Å². The minimum absolute atomic E-state index is 0.231. The quantitative estimate of drug-likeness (QED) is 0.694. The summed E-state index contributed by atoms with van der Waals surface area (Å²) in [5, 5.41) is 9.92. The Hall–Kier alpha value is -0.0951. The largest absolute Gasteiger partial charge is 0.388 e. The van der Waals surface area contributed by atoms with Crippen LogP contribution < -0.4 is 0 Å². The summed E-state index contributed by atoms with van der Waals surface area (Å²) in [5.41, 5.74) is -0.385. The van der Waals surface area contributed by atoms with E-state index in [-0.39, 0.29) is 11.7 Å². The fourth-order valence-corrected chi connectivity index (χ4v) is 1.65. The molecule has 1 fully saturated rings. The molecule has 1 N–H and O–H groups in total. The Morgan fingerprint density at radius 2 is 2.06 bits per heavy atom. The second-order valence-electron chi connectivity index (χ2n) is 4.78. The van der Waals surface area contributed by atoms with Gasteiger partial charge in [-0.25, -0.2) is 0 Å². The molecule has 92 valence electrons. The molecule has 1 aliphatic heterocycles. The molecule has 4 atom stereocenters. The Morgan fingerprint density at radius 1 is 1.44 bits per heavy atom. The zero-order chi connectivity index (χ0) is 12.3. The van der Waals surface area contributed by atoms with Crippen molar-refractivity contribution in [1.29, 1.82) is 0 Å². The topological polar surface area (TPSA) is 47.9 Å². The number of hydrogen-bond donors (Lipinski definition) is 1. The van der Waals surface area contributed by atoms with Crippen LogP contribution in [0, 0.1) is 0 Å². The van der Waals surface area contributed by atoms with E-state index >= 15 is 0 Å². The predicted molar refractivity (Wildman–Crippen MR) is 61.5 cm³/mol.